The molecule has 0 fully saturated rings. The van der Waals surface area contributed by atoms with Gasteiger partial charge in [0.1, 0.15) is 10.7 Å². The first-order valence-electron chi connectivity index (χ1n) is 9.02. The molecule has 2 N–H and O–H groups in total. The van der Waals surface area contributed by atoms with E-state index in [9.17, 15) is 9.18 Å². The molecule has 0 unspecified atom stereocenters. The predicted octanol–water partition coefficient (Wildman–Crippen LogP) is 5.47. The Morgan fingerprint density at radius 2 is 1.89 bits per heavy atom. The molecule has 1 aliphatic rings. The molecule has 1 aromatic heterocycles. The van der Waals surface area contributed by atoms with Crippen molar-refractivity contribution in [3.63, 3.8) is 0 Å². The Bertz CT molecular complexity index is 982. The Labute approximate surface area is 161 Å². The van der Waals surface area contributed by atoms with E-state index >= 15 is 0 Å². The van der Waals surface area contributed by atoms with Crippen LogP contribution in [0.15, 0.2) is 42.5 Å². The van der Waals surface area contributed by atoms with E-state index in [1.165, 1.54) is 41.0 Å². The lowest BCUT2D eigenvalue weighted by molar-refractivity contribution is 0.102. The van der Waals surface area contributed by atoms with Crippen LogP contribution < -0.4 is 10.6 Å². The van der Waals surface area contributed by atoms with Gasteiger partial charge in [-0.3, -0.25) is 4.79 Å². The van der Waals surface area contributed by atoms with Gasteiger partial charge in [0, 0.05) is 11.4 Å². The second-order valence-corrected chi connectivity index (χ2v) is 7.67. The molecule has 1 aliphatic carbocycles. The summed E-state index contributed by atoms with van der Waals surface area (Å²) in [5, 5.41) is 6.80. The Morgan fingerprint density at radius 3 is 2.70 bits per heavy atom. The van der Waals surface area contributed by atoms with Gasteiger partial charge in [0.25, 0.3) is 5.91 Å². The van der Waals surface area contributed by atoms with Crippen molar-refractivity contribution in [2.24, 2.45) is 0 Å². The van der Waals surface area contributed by atoms with Crippen molar-refractivity contribution in [2.75, 3.05) is 10.6 Å². The number of anilines is 3. The normalized spacial score (nSPS) is 13.1. The van der Waals surface area contributed by atoms with Crippen LogP contribution in [0.2, 0.25) is 0 Å². The van der Waals surface area contributed by atoms with Crippen molar-refractivity contribution >= 4 is 33.8 Å². The standard InChI is InChI=1S/C21H20FN3OS/c1-13-19(27-21(23-13)24-16-11-9-15(22)10-12-16)20(26)25-18-8-4-6-14-5-2-3-7-17(14)18/h4,6,8-12H,2-3,5,7H2,1H3,(H,23,24)(H,25,26). The number of amides is 1. The molecular weight excluding hydrogens is 361 g/mol. The van der Waals surface area contributed by atoms with E-state index in [4.69, 9.17) is 0 Å². The van der Waals surface area contributed by atoms with Crippen LogP contribution in [0.4, 0.5) is 20.9 Å². The molecule has 4 nitrogen and oxygen atoms in total. The summed E-state index contributed by atoms with van der Waals surface area (Å²) in [6.45, 7) is 1.82. The zero-order valence-electron chi connectivity index (χ0n) is 15.0. The second kappa shape index (κ2) is 7.48. The molecule has 1 heterocycles. The fraction of sp³-hybridized carbons (Fsp3) is 0.238. The van der Waals surface area contributed by atoms with Crippen LogP contribution in [0, 0.1) is 12.7 Å². The number of hydrogen-bond donors (Lipinski definition) is 2. The fourth-order valence-electron chi connectivity index (χ4n) is 3.39. The lowest BCUT2D eigenvalue weighted by Gasteiger charge is -2.19. The van der Waals surface area contributed by atoms with Crippen LogP contribution in [-0.2, 0) is 12.8 Å². The Kier molecular flexibility index (Phi) is 4.90. The first kappa shape index (κ1) is 17.7. The number of nitrogens with one attached hydrogen (secondary N) is 2. The molecule has 0 atom stereocenters. The Hall–Kier alpha value is -2.73. The lowest BCUT2D eigenvalue weighted by Crippen LogP contribution is -2.15. The average molecular weight is 381 g/mol. The molecule has 4 rings (SSSR count). The van der Waals surface area contributed by atoms with Crippen LogP contribution in [-0.4, -0.2) is 10.9 Å². The van der Waals surface area contributed by atoms with Crippen LogP contribution in [0.25, 0.3) is 0 Å². The van der Waals surface area contributed by atoms with Gasteiger partial charge in [-0.25, -0.2) is 9.37 Å². The van der Waals surface area contributed by atoms with E-state index in [1.54, 1.807) is 12.1 Å². The van der Waals surface area contributed by atoms with Gasteiger partial charge in [-0.2, -0.15) is 0 Å². The first-order chi connectivity index (χ1) is 13.1. The average Bonchev–Trinajstić information content (AvgIpc) is 3.04. The van der Waals surface area contributed by atoms with Crippen molar-refractivity contribution < 1.29 is 9.18 Å². The summed E-state index contributed by atoms with van der Waals surface area (Å²) in [4.78, 5) is 17.8. The highest BCUT2D eigenvalue weighted by atomic mass is 32.1. The molecule has 0 spiro atoms. The third-order valence-electron chi connectivity index (χ3n) is 4.74. The smallest absolute Gasteiger partial charge is 0.267 e. The van der Waals surface area contributed by atoms with E-state index in [0.29, 0.717) is 15.7 Å². The second-order valence-electron chi connectivity index (χ2n) is 6.67. The minimum absolute atomic E-state index is 0.142. The number of thiazole rings is 1. The molecule has 3 aromatic rings. The van der Waals surface area contributed by atoms with E-state index in [1.807, 2.05) is 19.1 Å². The summed E-state index contributed by atoms with van der Waals surface area (Å²) in [5.41, 5.74) is 4.89. The maximum Gasteiger partial charge on any atom is 0.267 e. The number of fused-ring (bicyclic) bond motifs is 1. The maximum absolute atomic E-state index is 13.0. The van der Waals surface area contributed by atoms with E-state index in [2.05, 4.69) is 21.7 Å². The summed E-state index contributed by atoms with van der Waals surface area (Å²) in [6.07, 6.45) is 4.44. The molecule has 2 aromatic carbocycles. The van der Waals surface area contributed by atoms with Crippen molar-refractivity contribution in [1.29, 1.82) is 0 Å². The minimum Gasteiger partial charge on any atom is -0.332 e. The number of carbonyl (C=O) groups is 1. The highest BCUT2D eigenvalue weighted by molar-refractivity contribution is 7.17. The van der Waals surface area contributed by atoms with Crippen molar-refractivity contribution in [2.45, 2.75) is 32.6 Å². The summed E-state index contributed by atoms with van der Waals surface area (Å²) in [5.74, 6) is -0.432. The lowest BCUT2D eigenvalue weighted by atomic mass is 9.90. The summed E-state index contributed by atoms with van der Waals surface area (Å²) in [6, 6.07) is 12.2. The molecule has 0 aliphatic heterocycles. The van der Waals surface area contributed by atoms with Gasteiger partial charge < -0.3 is 10.6 Å². The van der Waals surface area contributed by atoms with E-state index in [0.717, 1.165) is 30.6 Å². The third-order valence-corrected chi connectivity index (χ3v) is 5.81. The predicted molar refractivity (Wildman–Crippen MR) is 108 cm³/mol. The molecule has 6 heteroatoms. The number of nitrogens with zero attached hydrogens (tertiary/aromatic N) is 1. The topological polar surface area (TPSA) is 54.0 Å². The van der Waals surface area contributed by atoms with Crippen LogP contribution in [0.3, 0.4) is 0 Å². The van der Waals surface area contributed by atoms with Crippen LogP contribution >= 0.6 is 11.3 Å². The third kappa shape index (κ3) is 3.85. The molecule has 0 saturated carbocycles. The SMILES string of the molecule is Cc1nc(Nc2ccc(F)cc2)sc1C(=O)Nc1cccc2c1CCCC2. The van der Waals surface area contributed by atoms with Gasteiger partial charge in [-0.15, -0.1) is 0 Å². The van der Waals surface area contributed by atoms with E-state index < -0.39 is 0 Å². The summed E-state index contributed by atoms with van der Waals surface area (Å²) in [7, 11) is 0. The highest BCUT2D eigenvalue weighted by Crippen LogP contribution is 2.30. The van der Waals surface area contributed by atoms with Gasteiger partial charge in [0.2, 0.25) is 0 Å². The van der Waals surface area contributed by atoms with Gasteiger partial charge in [0.05, 0.1) is 5.69 Å². The zero-order valence-corrected chi connectivity index (χ0v) is 15.8. The molecular formula is C21H20FN3OS. The summed E-state index contributed by atoms with van der Waals surface area (Å²) < 4.78 is 13.0. The van der Waals surface area contributed by atoms with Gasteiger partial charge in [-0.05, 0) is 74.1 Å². The Morgan fingerprint density at radius 1 is 1.11 bits per heavy atom. The first-order valence-corrected chi connectivity index (χ1v) is 9.84. The minimum atomic E-state index is -0.290. The van der Waals surface area contributed by atoms with Gasteiger partial charge >= 0.3 is 0 Å². The highest BCUT2D eigenvalue weighted by Gasteiger charge is 2.19. The Balaban J connectivity index is 1.53. The molecule has 27 heavy (non-hydrogen) atoms. The number of rotatable bonds is 4. The van der Waals surface area contributed by atoms with Gasteiger partial charge in [0.15, 0.2) is 5.13 Å². The number of hydrogen-bond acceptors (Lipinski definition) is 4. The maximum atomic E-state index is 13.0. The van der Waals surface area contributed by atoms with Gasteiger partial charge in [-0.1, -0.05) is 23.5 Å². The molecule has 0 bridgehead atoms. The number of aryl methyl sites for hydroxylation is 2. The molecule has 138 valence electrons. The number of carbonyl (C=O) groups excluding carboxylic acids is 1. The fourth-order valence-corrected chi connectivity index (χ4v) is 4.28. The van der Waals surface area contributed by atoms with Crippen molar-refractivity contribution in [3.05, 3.63) is 70.0 Å². The largest absolute Gasteiger partial charge is 0.332 e. The molecule has 1 amide bonds. The summed E-state index contributed by atoms with van der Waals surface area (Å²) >= 11 is 1.30. The van der Waals surface area contributed by atoms with Crippen LogP contribution in [0.5, 0.6) is 0 Å². The molecule has 0 radical (unpaired) electrons. The zero-order chi connectivity index (χ0) is 18.8. The van der Waals surface area contributed by atoms with Crippen molar-refractivity contribution in [3.8, 4) is 0 Å². The monoisotopic (exact) mass is 381 g/mol. The van der Waals surface area contributed by atoms with Crippen LogP contribution in [0.1, 0.15) is 39.3 Å². The quantitative estimate of drug-likeness (QED) is 0.630. The number of aromatic nitrogens is 1. The molecule has 0 saturated heterocycles. The van der Waals surface area contributed by atoms with Crippen molar-refractivity contribution in [1.82, 2.24) is 4.98 Å². The number of benzene rings is 2. The van der Waals surface area contributed by atoms with E-state index in [-0.39, 0.29) is 11.7 Å². The number of halogens is 1.